The van der Waals surface area contributed by atoms with E-state index in [1.165, 1.54) is 0 Å². The monoisotopic (exact) mass is 196 g/mol. The van der Waals surface area contributed by atoms with Gasteiger partial charge in [-0.25, -0.2) is 0 Å². The molecule has 1 aliphatic heterocycles. The van der Waals surface area contributed by atoms with E-state index in [9.17, 15) is 4.79 Å². The van der Waals surface area contributed by atoms with Gasteiger partial charge in [-0.1, -0.05) is 6.92 Å². The van der Waals surface area contributed by atoms with Gasteiger partial charge in [-0.15, -0.1) is 0 Å². The van der Waals surface area contributed by atoms with Gasteiger partial charge in [-0.2, -0.15) is 5.26 Å². The summed E-state index contributed by atoms with van der Waals surface area (Å²) in [6, 6.07) is 1.90. The molecule has 1 aliphatic rings. The molecule has 1 fully saturated rings. The molecule has 2 unspecified atom stereocenters. The summed E-state index contributed by atoms with van der Waals surface area (Å²) >= 11 is 0. The third kappa shape index (κ3) is 1.60. The maximum atomic E-state index is 11.1. The largest absolute Gasteiger partial charge is 0.480 e. The van der Waals surface area contributed by atoms with Crippen LogP contribution < -0.4 is 0 Å². The number of hydrogen-bond donors (Lipinski definition) is 1. The van der Waals surface area contributed by atoms with Gasteiger partial charge in [0.2, 0.25) is 0 Å². The van der Waals surface area contributed by atoms with Gasteiger partial charge in [0.15, 0.2) is 0 Å². The number of carbonyl (C=O) groups is 1. The van der Waals surface area contributed by atoms with Crippen LogP contribution in [0.25, 0.3) is 0 Å². The van der Waals surface area contributed by atoms with Crippen LogP contribution >= 0.6 is 0 Å². The van der Waals surface area contributed by atoms with Crippen molar-refractivity contribution in [2.75, 3.05) is 6.54 Å². The average Bonchev–Trinajstić information content (AvgIpc) is 2.52. The summed E-state index contributed by atoms with van der Waals surface area (Å²) in [6.07, 6.45) is 2.18. The van der Waals surface area contributed by atoms with Crippen LogP contribution in [0.5, 0.6) is 0 Å². The lowest BCUT2D eigenvalue weighted by atomic mass is 9.97. The molecule has 1 rings (SSSR count). The minimum atomic E-state index is -0.837. The Morgan fingerprint density at radius 2 is 2.43 bits per heavy atom. The van der Waals surface area contributed by atoms with Crippen molar-refractivity contribution in [3.63, 3.8) is 0 Å². The molecule has 4 nitrogen and oxygen atoms in total. The Labute approximate surface area is 84.1 Å². The van der Waals surface area contributed by atoms with Crippen LogP contribution in [-0.4, -0.2) is 34.1 Å². The number of nitrogens with zero attached hydrogens (tertiary/aromatic N) is 2. The van der Waals surface area contributed by atoms with E-state index in [1.807, 2.05) is 11.8 Å². The van der Waals surface area contributed by atoms with Gasteiger partial charge >= 0.3 is 5.97 Å². The van der Waals surface area contributed by atoms with E-state index in [1.54, 1.807) is 6.92 Å². The van der Waals surface area contributed by atoms with Crippen molar-refractivity contribution in [2.45, 2.75) is 44.7 Å². The third-order valence-electron chi connectivity index (χ3n) is 3.07. The molecule has 0 radical (unpaired) electrons. The molecule has 0 bridgehead atoms. The minimum absolute atomic E-state index is 0.265. The van der Waals surface area contributed by atoms with E-state index >= 15 is 0 Å². The van der Waals surface area contributed by atoms with Crippen LogP contribution in [0.1, 0.15) is 33.1 Å². The SMILES string of the molecule is CCC(C#N)N1CCCC1(C)C(=O)O. The molecule has 0 spiro atoms. The van der Waals surface area contributed by atoms with Gasteiger partial charge in [0, 0.05) is 6.54 Å². The summed E-state index contributed by atoms with van der Waals surface area (Å²) in [5, 5.41) is 18.0. The van der Waals surface area contributed by atoms with Gasteiger partial charge < -0.3 is 5.11 Å². The first kappa shape index (κ1) is 11.0. The molecule has 0 aliphatic carbocycles. The van der Waals surface area contributed by atoms with Crippen molar-refractivity contribution in [1.82, 2.24) is 4.90 Å². The summed E-state index contributed by atoms with van der Waals surface area (Å²) in [5.74, 6) is -0.816. The molecule has 1 saturated heterocycles. The summed E-state index contributed by atoms with van der Waals surface area (Å²) in [4.78, 5) is 12.9. The number of likely N-dealkylation sites (tertiary alicyclic amines) is 1. The van der Waals surface area contributed by atoms with Crippen molar-refractivity contribution in [2.24, 2.45) is 0 Å². The Bertz CT molecular complexity index is 272. The van der Waals surface area contributed by atoms with E-state index in [0.29, 0.717) is 12.8 Å². The third-order valence-corrected chi connectivity index (χ3v) is 3.07. The lowest BCUT2D eigenvalue weighted by molar-refractivity contribution is -0.149. The molecule has 1 N–H and O–H groups in total. The molecule has 4 heteroatoms. The first-order valence-corrected chi connectivity index (χ1v) is 4.96. The number of rotatable bonds is 3. The van der Waals surface area contributed by atoms with Crippen LogP contribution in [0.15, 0.2) is 0 Å². The highest BCUT2D eigenvalue weighted by Crippen LogP contribution is 2.31. The van der Waals surface area contributed by atoms with E-state index in [2.05, 4.69) is 6.07 Å². The van der Waals surface area contributed by atoms with Crippen molar-refractivity contribution >= 4 is 5.97 Å². The van der Waals surface area contributed by atoms with Gasteiger partial charge in [0.25, 0.3) is 0 Å². The van der Waals surface area contributed by atoms with E-state index in [0.717, 1.165) is 13.0 Å². The molecule has 2 atom stereocenters. The van der Waals surface area contributed by atoms with Crippen LogP contribution in [0.4, 0.5) is 0 Å². The second kappa shape index (κ2) is 3.97. The van der Waals surface area contributed by atoms with Crippen LogP contribution in [0.3, 0.4) is 0 Å². The molecular weight excluding hydrogens is 180 g/mol. The predicted molar refractivity (Wildman–Crippen MR) is 51.7 cm³/mol. The summed E-state index contributed by atoms with van der Waals surface area (Å²) in [5.41, 5.74) is -0.837. The van der Waals surface area contributed by atoms with Gasteiger partial charge in [0.05, 0.1) is 12.1 Å². The fraction of sp³-hybridized carbons (Fsp3) is 0.800. The molecule has 78 valence electrons. The number of nitriles is 1. The Balaban J connectivity index is 2.88. The number of carboxylic acid groups (broad SMARTS) is 1. The summed E-state index contributed by atoms with van der Waals surface area (Å²) < 4.78 is 0. The van der Waals surface area contributed by atoms with Gasteiger partial charge in [0.1, 0.15) is 5.54 Å². The van der Waals surface area contributed by atoms with Crippen molar-refractivity contribution in [1.29, 1.82) is 5.26 Å². The van der Waals surface area contributed by atoms with Crippen molar-refractivity contribution in [3.8, 4) is 6.07 Å². The van der Waals surface area contributed by atoms with Crippen molar-refractivity contribution in [3.05, 3.63) is 0 Å². The zero-order valence-corrected chi connectivity index (χ0v) is 8.66. The van der Waals surface area contributed by atoms with Crippen LogP contribution in [0.2, 0.25) is 0 Å². The highest BCUT2D eigenvalue weighted by Gasteiger charge is 2.45. The normalized spacial score (nSPS) is 29.8. The highest BCUT2D eigenvalue weighted by molar-refractivity contribution is 5.78. The highest BCUT2D eigenvalue weighted by atomic mass is 16.4. The van der Waals surface area contributed by atoms with Crippen molar-refractivity contribution < 1.29 is 9.90 Å². The maximum absolute atomic E-state index is 11.1. The molecular formula is C10H16N2O2. The average molecular weight is 196 g/mol. The van der Waals surface area contributed by atoms with Crippen LogP contribution in [0, 0.1) is 11.3 Å². The van der Waals surface area contributed by atoms with E-state index in [-0.39, 0.29) is 6.04 Å². The fourth-order valence-electron chi connectivity index (χ4n) is 2.09. The van der Waals surface area contributed by atoms with Gasteiger partial charge in [-0.05, 0) is 26.2 Å². The number of carboxylic acids is 1. The molecule has 0 aromatic heterocycles. The Morgan fingerprint density at radius 3 is 2.86 bits per heavy atom. The first-order chi connectivity index (χ1) is 6.56. The molecule has 14 heavy (non-hydrogen) atoms. The maximum Gasteiger partial charge on any atom is 0.323 e. The van der Waals surface area contributed by atoms with Gasteiger partial charge in [-0.3, -0.25) is 9.69 Å². The van der Waals surface area contributed by atoms with E-state index < -0.39 is 11.5 Å². The number of hydrogen-bond acceptors (Lipinski definition) is 3. The smallest absolute Gasteiger partial charge is 0.323 e. The standard InChI is InChI=1S/C10H16N2O2/c1-3-8(7-11)12-6-4-5-10(12,2)9(13)14/h8H,3-6H2,1-2H3,(H,13,14). The lowest BCUT2D eigenvalue weighted by Gasteiger charge is -2.33. The Hall–Kier alpha value is -1.08. The van der Waals surface area contributed by atoms with Crippen LogP contribution in [-0.2, 0) is 4.79 Å². The van der Waals surface area contributed by atoms with E-state index in [4.69, 9.17) is 10.4 Å². The summed E-state index contributed by atoms with van der Waals surface area (Å²) in [7, 11) is 0. The molecule has 1 heterocycles. The second-order valence-corrected chi connectivity index (χ2v) is 3.93. The minimum Gasteiger partial charge on any atom is -0.480 e. The topological polar surface area (TPSA) is 64.3 Å². The zero-order valence-electron chi connectivity index (χ0n) is 8.66. The quantitative estimate of drug-likeness (QED) is 0.737. The number of aliphatic carboxylic acids is 1. The second-order valence-electron chi connectivity index (χ2n) is 3.93. The zero-order chi connectivity index (χ0) is 10.8. The fourth-order valence-corrected chi connectivity index (χ4v) is 2.09. The Morgan fingerprint density at radius 1 is 1.79 bits per heavy atom. The molecule has 0 aromatic rings. The molecule has 0 aromatic carbocycles. The Kier molecular flexibility index (Phi) is 3.12. The molecule has 0 amide bonds. The lowest BCUT2D eigenvalue weighted by Crippen LogP contribution is -2.52. The molecule has 0 saturated carbocycles. The predicted octanol–water partition coefficient (Wildman–Crippen LogP) is 1.23. The first-order valence-electron chi connectivity index (χ1n) is 4.96. The summed E-state index contributed by atoms with van der Waals surface area (Å²) in [6.45, 7) is 4.34.